The van der Waals surface area contributed by atoms with Crippen LogP contribution in [0.1, 0.15) is 24.8 Å². The summed E-state index contributed by atoms with van der Waals surface area (Å²) in [6.07, 6.45) is 3.54. The molecule has 0 bridgehead atoms. The fraction of sp³-hybridized carbons (Fsp3) is 0.231. The van der Waals surface area contributed by atoms with E-state index in [-0.39, 0.29) is 16.5 Å². The lowest BCUT2D eigenvalue weighted by Crippen LogP contribution is -2.29. The van der Waals surface area contributed by atoms with E-state index in [0.717, 1.165) is 37.2 Å². The molecule has 2 N–H and O–H groups in total. The molecular weight excluding hydrogens is 517 g/mol. The van der Waals surface area contributed by atoms with Gasteiger partial charge < -0.3 is 10.2 Å². The number of piperidine rings is 1. The van der Waals surface area contributed by atoms with Gasteiger partial charge in [-0.1, -0.05) is 29.3 Å². The summed E-state index contributed by atoms with van der Waals surface area (Å²) in [6, 6.07) is 17.3. The van der Waals surface area contributed by atoms with Crippen molar-refractivity contribution < 1.29 is 8.42 Å². The molecule has 0 atom stereocenters. The van der Waals surface area contributed by atoms with Gasteiger partial charge in [0.2, 0.25) is 0 Å². The minimum atomic E-state index is -3.93. The van der Waals surface area contributed by atoms with Crippen LogP contribution in [0.2, 0.25) is 10.0 Å². The first-order valence-corrected chi connectivity index (χ1v) is 13.9. The van der Waals surface area contributed by atoms with E-state index in [9.17, 15) is 8.42 Å². The van der Waals surface area contributed by atoms with Crippen LogP contribution in [0.15, 0.2) is 65.6 Å². The minimum absolute atomic E-state index is 0.0672. The molecule has 36 heavy (non-hydrogen) atoms. The molecule has 0 spiro atoms. The van der Waals surface area contributed by atoms with Gasteiger partial charge in [-0.15, -0.1) is 0 Å². The number of nitrogens with zero attached hydrogens (tertiary/aromatic N) is 3. The van der Waals surface area contributed by atoms with Crippen molar-refractivity contribution in [1.82, 2.24) is 9.97 Å². The lowest BCUT2D eigenvalue weighted by molar-refractivity contribution is 0.578. The van der Waals surface area contributed by atoms with E-state index in [2.05, 4.69) is 19.9 Å². The van der Waals surface area contributed by atoms with Crippen LogP contribution in [0.5, 0.6) is 0 Å². The van der Waals surface area contributed by atoms with Crippen LogP contribution in [0.3, 0.4) is 0 Å². The molecule has 1 aliphatic rings. The van der Waals surface area contributed by atoms with Gasteiger partial charge in [-0.05, 0) is 86.3 Å². The van der Waals surface area contributed by atoms with Gasteiger partial charge in [0.05, 0.1) is 26.6 Å². The smallest absolute Gasteiger partial charge is 0.263 e. The summed E-state index contributed by atoms with van der Waals surface area (Å²) < 4.78 is 28.8. The standard InChI is InChI=1S/C26H25Cl2N5O2S/c1-17-5-11-22-23(15-17)31-25(26(30-22)32-36(34,35)20-9-6-18(27)7-10-20)29-19-8-12-24(21(28)16-19)33-13-3-2-4-14-33/h5-12,15-16H,2-4,13-14H2,1H3,(H,29,31)(H,30,32). The zero-order valence-electron chi connectivity index (χ0n) is 19.6. The molecular formula is C26H25Cl2N5O2S. The summed E-state index contributed by atoms with van der Waals surface area (Å²) in [5, 5.41) is 4.28. The Bertz CT molecular complexity index is 1520. The predicted molar refractivity (Wildman–Crippen MR) is 147 cm³/mol. The Balaban J connectivity index is 1.51. The first-order valence-electron chi connectivity index (χ1n) is 11.7. The molecule has 10 heteroatoms. The number of hydrogen-bond donors (Lipinski definition) is 2. The SMILES string of the molecule is Cc1ccc2nc(NS(=O)(=O)c3ccc(Cl)cc3)c(Nc3ccc(N4CCCCC4)c(Cl)c3)nc2c1. The summed E-state index contributed by atoms with van der Waals surface area (Å²) in [4.78, 5) is 11.6. The summed E-state index contributed by atoms with van der Waals surface area (Å²) in [5.41, 5.74) is 3.90. The highest BCUT2D eigenvalue weighted by Gasteiger charge is 2.20. The molecule has 1 aromatic heterocycles. The third-order valence-corrected chi connectivity index (χ3v) is 7.99. The summed E-state index contributed by atoms with van der Waals surface area (Å²) >= 11 is 12.6. The quantitative estimate of drug-likeness (QED) is 0.279. The van der Waals surface area contributed by atoms with Gasteiger partial charge >= 0.3 is 0 Å². The molecule has 0 amide bonds. The number of aryl methyl sites for hydroxylation is 1. The van der Waals surface area contributed by atoms with Gasteiger partial charge in [-0.2, -0.15) is 0 Å². The van der Waals surface area contributed by atoms with E-state index in [1.54, 1.807) is 0 Å². The number of anilines is 4. The molecule has 0 unspecified atom stereocenters. The number of halogens is 2. The minimum Gasteiger partial charge on any atom is -0.370 e. The van der Waals surface area contributed by atoms with Gasteiger partial charge in [0, 0.05) is 23.8 Å². The van der Waals surface area contributed by atoms with Crippen LogP contribution in [0.25, 0.3) is 11.0 Å². The second-order valence-electron chi connectivity index (χ2n) is 8.81. The second-order valence-corrected chi connectivity index (χ2v) is 11.3. The Morgan fingerprint density at radius 1 is 0.833 bits per heavy atom. The number of sulfonamides is 1. The summed E-state index contributed by atoms with van der Waals surface area (Å²) in [6.45, 7) is 3.93. The zero-order valence-corrected chi connectivity index (χ0v) is 22.0. The van der Waals surface area contributed by atoms with E-state index in [1.165, 1.54) is 30.7 Å². The van der Waals surface area contributed by atoms with Gasteiger partial charge in [0.25, 0.3) is 10.0 Å². The third-order valence-electron chi connectivity index (χ3n) is 6.08. The van der Waals surface area contributed by atoms with Crippen molar-refractivity contribution in [2.24, 2.45) is 0 Å². The highest BCUT2D eigenvalue weighted by atomic mass is 35.5. The lowest BCUT2D eigenvalue weighted by atomic mass is 10.1. The monoisotopic (exact) mass is 541 g/mol. The number of nitrogens with one attached hydrogen (secondary N) is 2. The zero-order chi connectivity index (χ0) is 25.3. The average molecular weight is 542 g/mol. The van der Waals surface area contributed by atoms with Crippen molar-refractivity contribution in [1.29, 1.82) is 0 Å². The van der Waals surface area contributed by atoms with Gasteiger partial charge in [-0.3, -0.25) is 4.72 Å². The first kappa shape index (κ1) is 24.6. The van der Waals surface area contributed by atoms with Crippen molar-refractivity contribution in [3.05, 3.63) is 76.3 Å². The molecule has 0 saturated carbocycles. The highest BCUT2D eigenvalue weighted by molar-refractivity contribution is 7.92. The fourth-order valence-electron chi connectivity index (χ4n) is 4.24. The molecule has 7 nitrogen and oxygen atoms in total. The van der Waals surface area contributed by atoms with Gasteiger partial charge in [-0.25, -0.2) is 18.4 Å². The topological polar surface area (TPSA) is 87.2 Å². The molecule has 1 saturated heterocycles. The predicted octanol–water partition coefficient (Wildman–Crippen LogP) is 6.78. The van der Waals surface area contributed by atoms with Crippen LogP contribution in [0.4, 0.5) is 23.0 Å². The van der Waals surface area contributed by atoms with Gasteiger partial charge in [0.15, 0.2) is 11.6 Å². The maximum Gasteiger partial charge on any atom is 0.263 e. The van der Waals surface area contributed by atoms with Gasteiger partial charge in [0.1, 0.15) is 0 Å². The Labute approximate surface area is 220 Å². The van der Waals surface area contributed by atoms with E-state index in [1.807, 2.05) is 43.3 Å². The van der Waals surface area contributed by atoms with E-state index >= 15 is 0 Å². The number of benzene rings is 3. The van der Waals surface area contributed by atoms with Crippen LogP contribution in [-0.4, -0.2) is 31.5 Å². The molecule has 0 radical (unpaired) electrons. The molecule has 1 fully saturated rings. The Morgan fingerprint density at radius 2 is 1.56 bits per heavy atom. The van der Waals surface area contributed by atoms with Crippen LogP contribution in [-0.2, 0) is 10.0 Å². The number of aromatic nitrogens is 2. The largest absolute Gasteiger partial charge is 0.370 e. The number of rotatable bonds is 6. The van der Waals surface area contributed by atoms with Crippen LogP contribution >= 0.6 is 23.2 Å². The van der Waals surface area contributed by atoms with Crippen molar-refractivity contribution in [3.63, 3.8) is 0 Å². The highest BCUT2D eigenvalue weighted by Crippen LogP contribution is 2.33. The van der Waals surface area contributed by atoms with E-state index < -0.39 is 10.0 Å². The van der Waals surface area contributed by atoms with Crippen molar-refractivity contribution in [2.45, 2.75) is 31.1 Å². The van der Waals surface area contributed by atoms with Crippen LogP contribution in [0, 0.1) is 6.92 Å². The Morgan fingerprint density at radius 3 is 2.28 bits per heavy atom. The Kier molecular flexibility index (Phi) is 6.92. The summed E-state index contributed by atoms with van der Waals surface area (Å²) in [7, 11) is -3.93. The lowest BCUT2D eigenvalue weighted by Gasteiger charge is -2.29. The molecule has 0 aliphatic carbocycles. The second kappa shape index (κ2) is 10.1. The fourth-order valence-corrected chi connectivity index (χ4v) is 5.67. The normalized spacial score (nSPS) is 14.1. The molecule has 2 heterocycles. The van der Waals surface area contributed by atoms with E-state index in [0.29, 0.717) is 26.8 Å². The third kappa shape index (κ3) is 5.36. The number of hydrogen-bond acceptors (Lipinski definition) is 6. The van der Waals surface area contributed by atoms with Crippen molar-refractivity contribution in [2.75, 3.05) is 28.0 Å². The molecule has 4 aromatic rings. The average Bonchev–Trinajstić information content (AvgIpc) is 2.85. The number of fused-ring (bicyclic) bond motifs is 1. The first-order chi connectivity index (χ1) is 17.3. The van der Waals surface area contributed by atoms with Crippen molar-refractivity contribution in [3.8, 4) is 0 Å². The molecule has 186 valence electrons. The summed E-state index contributed by atoms with van der Waals surface area (Å²) in [5.74, 6) is 0.352. The Hall–Kier alpha value is -3.07. The van der Waals surface area contributed by atoms with Crippen LogP contribution < -0.4 is 14.9 Å². The molecule has 1 aliphatic heterocycles. The maximum absolute atomic E-state index is 13.1. The van der Waals surface area contributed by atoms with Crippen molar-refractivity contribution >= 4 is 67.3 Å². The maximum atomic E-state index is 13.1. The van der Waals surface area contributed by atoms with E-state index in [4.69, 9.17) is 28.2 Å². The molecule has 5 rings (SSSR count). The molecule has 3 aromatic carbocycles.